The number of aryl methyl sites for hydroxylation is 1. The van der Waals surface area contributed by atoms with E-state index in [1.165, 1.54) is 0 Å². The van der Waals surface area contributed by atoms with Gasteiger partial charge >= 0.3 is 0 Å². The maximum absolute atomic E-state index is 11.8. The fraction of sp³-hybridized carbons (Fsp3) is 0.538. The maximum Gasteiger partial charge on any atom is 0.223 e. The van der Waals surface area contributed by atoms with E-state index in [0.717, 1.165) is 24.1 Å². The van der Waals surface area contributed by atoms with E-state index in [4.69, 9.17) is 5.73 Å². The molecule has 0 spiro atoms. The van der Waals surface area contributed by atoms with Gasteiger partial charge in [0.05, 0.1) is 12.2 Å². The number of nitrogens with two attached hydrogens (primary N) is 1. The first-order chi connectivity index (χ1) is 8.15. The minimum Gasteiger partial charge on any atom is -0.350 e. The molecule has 94 valence electrons. The van der Waals surface area contributed by atoms with E-state index >= 15 is 0 Å². The van der Waals surface area contributed by atoms with Crippen LogP contribution in [0, 0.1) is 12.8 Å². The molecule has 0 bridgehead atoms. The highest BCUT2D eigenvalue weighted by molar-refractivity contribution is 5.78. The SMILES string of the molecule is Cc1cccnc1CNC(=O)C(C)CCCN. The molecule has 0 radical (unpaired) electrons. The third-order valence-electron chi connectivity index (χ3n) is 2.84. The summed E-state index contributed by atoms with van der Waals surface area (Å²) in [5.74, 6) is 0.0890. The number of carbonyl (C=O) groups excluding carboxylic acids is 1. The molecule has 0 saturated heterocycles. The van der Waals surface area contributed by atoms with Crippen molar-refractivity contribution < 1.29 is 4.79 Å². The molecule has 3 N–H and O–H groups in total. The predicted molar refractivity (Wildman–Crippen MR) is 68.3 cm³/mol. The van der Waals surface area contributed by atoms with Gasteiger partial charge in [-0.2, -0.15) is 0 Å². The lowest BCUT2D eigenvalue weighted by Gasteiger charge is -2.12. The van der Waals surface area contributed by atoms with Crippen LogP contribution in [0.2, 0.25) is 0 Å². The van der Waals surface area contributed by atoms with Gasteiger partial charge in [-0.05, 0) is 37.9 Å². The molecule has 1 rings (SSSR count). The third kappa shape index (κ3) is 4.53. The van der Waals surface area contributed by atoms with Crippen molar-refractivity contribution in [3.8, 4) is 0 Å². The molecular weight excluding hydrogens is 214 g/mol. The first-order valence-corrected chi connectivity index (χ1v) is 6.03. The van der Waals surface area contributed by atoms with Crippen molar-refractivity contribution in [2.75, 3.05) is 6.54 Å². The summed E-state index contributed by atoms with van der Waals surface area (Å²) in [4.78, 5) is 16.0. The fourth-order valence-electron chi connectivity index (χ4n) is 1.60. The van der Waals surface area contributed by atoms with Gasteiger partial charge in [-0.15, -0.1) is 0 Å². The molecule has 0 fully saturated rings. The molecule has 1 heterocycles. The highest BCUT2D eigenvalue weighted by atomic mass is 16.1. The van der Waals surface area contributed by atoms with E-state index in [0.29, 0.717) is 13.1 Å². The largest absolute Gasteiger partial charge is 0.350 e. The summed E-state index contributed by atoms with van der Waals surface area (Å²) >= 11 is 0. The minimum absolute atomic E-state index is 0.0163. The Morgan fingerprint density at radius 2 is 2.35 bits per heavy atom. The zero-order valence-electron chi connectivity index (χ0n) is 10.6. The summed E-state index contributed by atoms with van der Waals surface area (Å²) in [5, 5.41) is 2.91. The van der Waals surface area contributed by atoms with Crippen molar-refractivity contribution in [2.45, 2.75) is 33.2 Å². The number of nitrogens with zero attached hydrogens (tertiary/aromatic N) is 1. The second-order valence-electron chi connectivity index (χ2n) is 4.32. The van der Waals surface area contributed by atoms with E-state index in [1.807, 2.05) is 26.0 Å². The summed E-state index contributed by atoms with van der Waals surface area (Å²) in [6.07, 6.45) is 3.47. The molecule has 0 aliphatic carbocycles. The number of nitrogens with one attached hydrogen (secondary N) is 1. The molecule has 4 heteroatoms. The van der Waals surface area contributed by atoms with Gasteiger partial charge in [-0.25, -0.2) is 0 Å². The number of hydrogen-bond acceptors (Lipinski definition) is 3. The number of carbonyl (C=O) groups is 1. The molecular formula is C13H21N3O. The van der Waals surface area contributed by atoms with Crippen LogP contribution < -0.4 is 11.1 Å². The van der Waals surface area contributed by atoms with Crippen LogP contribution in [0.5, 0.6) is 0 Å². The Balaban J connectivity index is 2.40. The number of pyridine rings is 1. The fourth-order valence-corrected chi connectivity index (χ4v) is 1.60. The van der Waals surface area contributed by atoms with Gasteiger partial charge < -0.3 is 11.1 Å². The average Bonchev–Trinajstić information content (AvgIpc) is 2.34. The number of rotatable bonds is 6. The third-order valence-corrected chi connectivity index (χ3v) is 2.84. The van der Waals surface area contributed by atoms with Gasteiger partial charge in [0.2, 0.25) is 5.91 Å². The van der Waals surface area contributed by atoms with Gasteiger partial charge in [0, 0.05) is 12.1 Å². The topological polar surface area (TPSA) is 68.0 Å². The quantitative estimate of drug-likeness (QED) is 0.782. The summed E-state index contributed by atoms with van der Waals surface area (Å²) in [5.41, 5.74) is 7.44. The molecule has 1 amide bonds. The van der Waals surface area contributed by atoms with Crippen LogP contribution in [0.15, 0.2) is 18.3 Å². The van der Waals surface area contributed by atoms with E-state index in [1.54, 1.807) is 6.20 Å². The van der Waals surface area contributed by atoms with Crippen molar-refractivity contribution in [1.29, 1.82) is 0 Å². The van der Waals surface area contributed by atoms with E-state index in [9.17, 15) is 4.79 Å². The van der Waals surface area contributed by atoms with Crippen LogP contribution in [0.25, 0.3) is 0 Å². The van der Waals surface area contributed by atoms with Gasteiger partial charge in [0.15, 0.2) is 0 Å². The smallest absolute Gasteiger partial charge is 0.223 e. The Hall–Kier alpha value is -1.42. The van der Waals surface area contributed by atoms with E-state index < -0.39 is 0 Å². The molecule has 1 aromatic rings. The molecule has 1 aromatic heterocycles. The van der Waals surface area contributed by atoms with Crippen molar-refractivity contribution in [2.24, 2.45) is 11.7 Å². The van der Waals surface area contributed by atoms with Crippen LogP contribution in [-0.4, -0.2) is 17.4 Å². The van der Waals surface area contributed by atoms with Crippen LogP contribution in [0.4, 0.5) is 0 Å². The van der Waals surface area contributed by atoms with Gasteiger partial charge in [-0.1, -0.05) is 13.0 Å². The average molecular weight is 235 g/mol. The van der Waals surface area contributed by atoms with E-state index in [-0.39, 0.29) is 11.8 Å². The zero-order valence-corrected chi connectivity index (χ0v) is 10.6. The molecule has 4 nitrogen and oxygen atoms in total. The Labute approximate surface area is 103 Å². The summed E-state index contributed by atoms with van der Waals surface area (Å²) in [6, 6.07) is 3.89. The molecule has 1 unspecified atom stereocenters. The van der Waals surface area contributed by atoms with Gasteiger partial charge in [0.25, 0.3) is 0 Å². The van der Waals surface area contributed by atoms with Crippen LogP contribution in [0.1, 0.15) is 31.0 Å². The Bertz CT molecular complexity index is 365. The Kier molecular flexibility index (Phi) is 5.63. The standard InChI is InChI=1S/C13H21N3O/c1-10-6-4-8-15-12(10)9-16-13(17)11(2)5-3-7-14/h4,6,8,11H,3,5,7,9,14H2,1-2H3,(H,16,17). The first kappa shape index (κ1) is 13.6. The summed E-state index contributed by atoms with van der Waals surface area (Å²) in [7, 11) is 0. The van der Waals surface area contributed by atoms with Crippen LogP contribution in [0.3, 0.4) is 0 Å². The summed E-state index contributed by atoms with van der Waals surface area (Å²) < 4.78 is 0. The zero-order chi connectivity index (χ0) is 12.7. The normalized spacial score (nSPS) is 12.2. The van der Waals surface area contributed by atoms with Crippen LogP contribution in [-0.2, 0) is 11.3 Å². The second kappa shape index (κ2) is 7.01. The Morgan fingerprint density at radius 3 is 3.00 bits per heavy atom. The first-order valence-electron chi connectivity index (χ1n) is 6.03. The Morgan fingerprint density at radius 1 is 1.59 bits per heavy atom. The lowest BCUT2D eigenvalue weighted by molar-refractivity contribution is -0.124. The van der Waals surface area contributed by atoms with Gasteiger partial charge in [-0.3, -0.25) is 9.78 Å². The van der Waals surface area contributed by atoms with Crippen molar-refractivity contribution in [3.63, 3.8) is 0 Å². The highest BCUT2D eigenvalue weighted by Gasteiger charge is 2.12. The molecule has 17 heavy (non-hydrogen) atoms. The van der Waals surface area contributed by atoms with Crippen molar-refractivity contribution in [3.05, 3.63) is 29.6 Å². The predicted octanol–water partition coefficient (Wildman–Crippen LogP) is 1.38. The van der Waals surface area contributed by atoms with Crippen molar-refractivity contribution >= 4 is 5.91 Å². The highest BCUT2D eigenvalue weighted by Crippen LogP contribution is 2.06. The molecule has 0 aliphatic rings. The number of amides is 1. The monoisotopic (exact) mass is 235 g/mol. The molecule has 0 aliphatic heterocycles. The number of aromatic nitrogens is 1. The lowest BCUT2D eigenvalue weighted by Crippen LogP contribution is -2.29. The maximum atomic E-state index is 11.8. The van der Waals surface area contributed by atoms with Crippen LogP contribution >= 0.6 is 0 Å². The molecule has 1 atom stereocenters. The second-order valence-corrected chi connectivity index (χ2v) is 4.32. The lowest BCUT2D eigenvalue weighted by atomic mass is 10.0. The minimum atomic E-state index is 0.0163. The molecule has 0 saturated carbocycles. The number of hydrogen-bond donors (Lipinski definition) is 2. The van der Waals surface area contributed by atoms with Gasteiger partial charge in [0.1, 0.15) is 0 Å². The van der Waals surface area contributed by atoms with Crippen molar-refractivity contribution in [1.82, 2.24) is 10.3 Å². The molecule has 0 aromatic carbocycles. The summed E-state index contributed by atoms with van der Waals surface area (Å²) in [6.45, 7) is 5.05. The van der Waals surface area contributed by atoms with E-state index in [2.05, 4.69) is 10.3 Å².